The molecule has 0 aliphatic carbocycles. The number of nitrogens with zero attached hydrogens (tertiary/aromatic N) is 2. The zero-order valence-electron chi connectivity index (χ0n) is 11.1. The van der Waals surface area contributed by atoms with Gasteiger partial charge >= 0.3 is 5.97 Å². The Morgan fingerprint density at radius 3 is 2.76 bits per heavy atom. The van der Waals surface area contributed by atoms with Gasteiger partial charge in [0.2, 0.25) is 0 Å². The molecule has 1 aromatic carbocycles. The van der Waals surface area contributed by atoms with Crippen LogP contribution in [0.4, 0.5) is 0 Å². The third-order valence-electron chi connectivity index (χ3n) is 3.09. The van der Waals surface area contributed by atoms with Crippen molar-refractivity contribution in [1.29, 1.82) is 0 Å². The van der Waals surface area contributed by atoms with Gasteiger partial charge in [-0.05, 0) is 42.1 Å². The van der Waals surface area contributed by atoms with Crippen LogP contribution in [0.2, 0.25) is 0 Å². The van der Waals surface area contributed by atoms with Gasteiger partial charge in [-0.3, -0.25) is 0 Å². The van der Waals surface area contributed by atoms with E-state index in [2.05, 4.69) is 21.0 Å². The number of thiophene rings is 1. The Labute approximate surface area is 133 Å². The Kier molecular flexibility index (Phi) is 3.65. The molecule has 0 radical (unpaired) electrons. The standard InChI is InChI=1S/C15H11BrN2O2S/c1-9-7-10(16)4-5-12(9)18-13(14-3-2-6-21-14)8-11(17-18)15(19)20/h2-8H,1H3,(H,19,20). The summed E-state index contributed by atoms with van der Waals surface area (Å²) in [5, 5.41) is 15.4. The zero-order chi connectivity index (χ0) is 15.0. The highest BCUT2D eigenvalue weighted by Crippen LogP contribution is 2.29. The normalized spacial score (nSPS) is 10.8. The Hall–Kier alpha value is -1.92. The summed E-state index contributed by atoms with van der Waals surface area (Å²) in [4.78, 5) is 12.2. The molecule has 0 aliphatic rings. The quantitative estimate of drug-likeness (QED) is 0.752. The fourth-order valence-corrected chi connectivity index (χ4v) is 3.33. The second-order valence-electron chi connectivity index (χ2n) is 4.54. The lowest BCUT2D eigenvalue weighted by Crippen LogP contribution is -2.03. The number of carbonyl (C=O) groups is 1. The molecule has 0 saturated carbocycles. The van der Waals surface area contributed by atoms with Crippen molar-refractivity contribution in [1.82, 2.24) is 9.78 Å². The van der Waals surface area contributed by atoms with Gasteiger partial charge in [-0.2, -0.15) is 5.10 Å². The van der Waals surface area contributed by atoms with E-state index in [4.69, 9.17) is 0 Å². The molecule has 0 atom stereocenters. The lowest BCUT2D eigenvalue weighted by Gasteiger charge is -2.09. The van der Waals surface area contributed by atoms with E-state index in [9.17, 15) is 9.90 Å². The van der Waals surface area contributed by atoms with Crippen molar-refractivity contribution in [3.05, 3.63) is 57.5 Å². The van der Waals surface area contributed by atoms with Gasteiger partial charge < -0.3 is 5.11 Å². The molecule has 0 bridgehead atoms. The maximum absolute atomic E-state index is 11.2. The highest BCUT2D eigenvalue weighted by atomic mass is 79.9. The Balaban J connectivity index is 2.23. The van der Waals surface area contributed by atoms with E-state index in [-0.39, 0.29) is 5.69 Å². The van der Waals surface area contributed by atoms with Crippen molar-refractivity contribution in [2.24, 2.45) is 0 Å². The van der Waals surface area contributed by atoms with Gasteiger partial charge in [0.15, 0.2) is 5.69 Å². The first-order valence-corrected chi connectivity index (χ1v) is 7.87. The minimum Gasteiger partial charge on any atom is -0.476 e. The molecule has 0 saturated heterocycles. The zero-order valence-corrected chi connectivity index (χ0v) is 13.5. The topological polar surface area (TPSA) is 55.1 Å². The summed E-state index contributed by atoms with van der Waals surface area (Å²) < 4.78 is 2.67. The molecule has 6 heteroatoms. The number of aryl methyl sites for hydroxylation is 1. The second-order valence-corrected chi connectivity index (χ2v) is 6.40. The molecule has 4 nitrogen and oxygen atoms in total. The number of carboxylic acids is 1. The van der Waals surface area contributed by atoms with Crippen molar-refractivity contribution >= 4 is 33.2 Å². The van der Waals surface area contributed by atoms with Gasteiger partial charge in [0.25, 0.3) is 0 Å². The molecular formula is C15H11BrN2O2S. The smallest absolute Gasteiger partial charge is 0.356 e. The number of aromatic carboxylic acids is 1. The van der Waals surface area contributed by atoms with Crippen LogP contribution in [0.3, 0.4) is 0 Å². The summed E-state index contributed by atoms with van der Waals surface area (Å²) >= 11 is 4.99. The van der Waals surface area contributed by atoms with E-state index in [0.29, 0.717) is 0 Å². The Morgan fingerprint density at radius 1 is 1.33 bits per heavy atom. The Morgan fingerprint density at radius 2 is 2.14 bits per heavy atom. The third-order valence-corrected chi connectivity index (χ3v) is 4.47. The van der Waals surface area contributed by atoms with Crippen LogP contribution in [0.15, 0.2) is 46.3 Å². The van der Waals surface area contributed by atoms with Crippen LogP contribution in [-0.4, -0.2) is 20.9 Å². The van der Waals surface area contributed by atoms with Gasteiger partial charge in [-0.25, -0.2) is 9.48 Å². The van der Waals surface area contributed by atoms with Gasteiger partial charge in [-0.1, -0.05) is 22.0 Å². The minimum absolute atomic E-state index is 0.0423. The first-order valence-electron chi connectivity index (χ1n) is 6.20. The van der Waals surface area contributed by atoms with E-state index in [1.54, 1.807) is 22.1 Å². The maximum atomic E-state index is 11.2. The van der Waals surface area contributed by atoms with Crippen molar-refractivity contribution in [3.8, 4) is 16.3 Å². The molecule has 0 aliphatic heterocycles. The van der Waals surface area contributed by atoms with E-state index in [0.717, 1.165) is 26.3 Å². The molecule has 2 heterocycles. The monoisotopic (exact) mass is 362 g/mol. The lowest BCUT2D eigenvalue weighted by molar-refractivity contribution is 0.0690. The fraction of sp³-hybridized carbons (Fsp3) is 0.0667. The number of rotatable bonds is 3. The summed E-state index contributed by atoms with van der Waals surface area (Å²) in [6, 6.07) is 11.3. The number of hydrogen-bond donors (Lipinski definition) is 1. The molecule has 106 valence electrons. The minimum atomic E-state index is -1.03. The number of halogens is 1. The molecular weight excluding hydrogens is 352 g/mol. The average molecular weight is 363 g/mol. The third kappa shape index (κ3) is 2.64. The van der Waals surface area contributed by atoms with Crippen LogP contribution in [0, 0.1) is 6.92 Å². The summed E-state index contributed by atoms with van der Waals surface area (Å²) in [6.07, 6.45) is 0. The summed E-state index contributed by atoms with van der Waals surface area (Å²) in [5.74, 6) is -1.03. The van der Waals surface area contributed by atoms with E-state index < -0.39 is 5.97 Å². The van der Waals surface area contributed by atoms with Gasteiger partial charge in [-0.15, -0.1) is 11.3 Å². The van der Waals surface area contributed by atoms with Crippen molar-refractivity contribution in [3.63, 3.8) is 0 Å². The molecule has 3 aromatic rings. The summed E-state index contributed by atoms with van der Waals surface area (Å²) in [7, 11) is 0. The second kappa shape index (κ2) is 5.46. The molecule has 0 fully saturated rings. The van der Waals surface area contributed by atoms with E-state index >= 15 is 0 Å². The first-order chi connectivity index (χ1) is 10.1. The van der Waals surface area contributed by atoms with Crippen LogP contribution in [0.1, 0.15) is 16.1 Å². The largest absolute Gasteiger partial charge is 0.476 e. The highest BCUT2D eigenvalue weighted by Gasteiger charge is 2.17. The van der Waals surface area contributed by atoms with E-state index in [1.165, 1.54) is 0 Å². The van der Waals surface area contributed by atoms with Crippen molar-refractivity contribution in [2.75, 3.05) is 0 Å². The van der Waals surface area contributed by atoms with Crippen LogP contribution < -0.4 is 0 Å². The lowest BCUT2D eigenvalue weighted by atomic mass is 10.2. The summed E-state index contributed by atoms with van der Waals surface area (Å²) in [5.41, 5.74) is 2.71. The van der Waals surface area contributed by atoms with Gasteiger partial charge in [0, 0.05) is 10.5 Å². The molecule has 0 spiro atoms. The van der Waals surface area contributed by atoms with Crippen molar-refractivity contribution in [2.45, 2.75) is 6.92 Å². The predicted octanol–water partition coefficient (Wildman–Crippen LogP) is 4.37. The van der Waals surface area contributed by atoms with Gasteiger partial charge in [0.1, 0.15) is 0 Å². The molecule has 1 N–H and O–H groups in total. The average Bonchev–Trinajstić information content (AvgIpc) is 3.07. The number of hydrogen-bond acceptors (Lipinski definition) is 3. The molecule has 3 rings (SSSR count). The maximum Gasteiger partial charge on any atom is 0.356 e. The molecule has 0 unspecified atom stereocenters. The SMILES string of the molecule is Cc1cc(Br)ccc1-n1nc(C(=O)O)cc1-c1cccs1. The Bertz CT molecular complexity index is 809. The molecule has 2 aromatic heterocycles. The van der Waals surface area contributed by atoms with E-state index in [1.807, 2.05) is 42.6 Å². The van der Waals surface area contributed by atoms with Crippen LogP contribution in [0.5, 0.6) is 0 Å². The predicted molar refractivity (Wildman–Crippen MR) is 86.3 cm³/mol. The molecule has 0 amide bonds. The van der Waals surface area contributed by atoms with Crippen LogP contribution in [0.25, 0.3) is 16.3 Å². The van der Waals surface area contributed by atoms with Crippen LogP contribution in [-0.2, 0) is 0 Å². The first kappa shape index (κ1) is 14.0. The van der Waals surface area contributed by atoms with Crippen LogP contribution >= 0.6 is 27.3 Å². The fourth-order valence-electron chi connectivity index (χ4n) is 2.13. The molecule has 21 heavy (non-hydrogen) atoms. The number of carboxylic acid groups (broad SMARTS) is 1. The number of benzene rings is 1. The number of aromatic nitrogens is 2. The summed E-state index contributed by atoms with van der Waals surface area (Å²) in [6.45, 7) is 1.97. The van der Waals surface area contributed by atoms with Gasteiger partial charge in [0.05, 0.1) is 16.3 Å². The van der Waals surface area contributed by atoms with Crippen molar-refractivity contribution < 1.29 is 9.90 Å². The highest BCUT2D eigenvalue weighted by molar-refractivity contribution is 9.10.